The number of para-hydroxylation sites is 2. The molecule has 0 aromatic heterocycles. The Balaban J connectivity index is 1.91. The van der Waals surface area contributed by atoms with E-state index in [1.54, 1.807) is 12.1 Å². The molecule has 0 bridgehead atoms. The quantitative estimate of drug-likeness (QED) is 0.811. The van der Waals surface area contributed by atoms with Gasteiger partial charge in [0.15, 0.2) is 0 Å². The van der Waals surface area contributed by atoms with Gasteiger partial charge in [0.1, 0.15) is 11.5 Å². The Labute approximate surface area is 130 Å². The minimum atomic E-state index is 0.177. The van der Waals surface area contributed by atoms with Crippen LogP contribution in [0.1, 0.15) is 18.4 Å². The fraction of sp³-hybridized carbons (Fsp3) is 0.333. The zero-order chi connectivity index (χ0) is 15.5. The molecule has 2 aromatic rings. The number of likely N-dealkylation sites (tertiary alicyclic amines) is 1. The molecule has 0 unspecified atom stereocenters. The van der Waals surface area contributed by atoms with Crippen LogP contribution < -0.4 is 5.73 Å². The maximum Gasteiger partial charge on any atom is 0.128 e. The molecule has 1 aliphatic rings. The van der Waals surface area contributed by atoms with E-state index in [0.717, 1.165) is 24.9 Å². The van der Waals surface area contributed by atoms with Crippen molar-refractivity contribution in [2.75, 3.05) is 13.1 Å². The molecular weight excluding hydrogens is 276 g/mol. The number of phenolic OH excluding ortho intramolecular Hbond substituents is 2. The molecule has 2 aromatic carbocycles. The van der Waals surface area contributed by atoms with Crippen molar-refractivity contribution >= 4 is 0 Å². The van der Waals surface area contributed by atoms with Crippen LogP contribution in [0, 0.1) is 0 Å². The molecule has 1 heterocycles. The topological polar surface area (TPSA) is 69.7 Å². The molecule has 4 heteroatoms. The molecule has 0 spiro atoms. The van der Waals surface area contributed by atoms with Gasteiger partial charge >= 0.3 is 0 Å². The Hall–Kier alpha value is -2.04. The molecule has 4 nitrogen and oxygen atoms in total. The zero-order valence-corrected chi connectivity index (χ0v) is 12.6. The van der Waals surface area contributed by atoms with Crippen molar-refractivity contribution in [3.63, 3.8) is 0 Å². The highest BCUT2D eigenvalue weighted by Gasteiger charge is 2.24. The molecule has 3 rings (SSSR count). The first-order valence-electron chi connectivity index (χ1n) is 7.74. The monoisotopic (exact) mass is 298 g/mol. The van der Waals surface area contributed by atoms with Crippen molar-refractivity contribution in [3.8, 4) is 22.6 Å². The Bertz CT molecular complexity index is 657. The normalized spacial score (nSPS) is 18.7. The van der Waals surface area contributed by atoms with Crippen LogP contribution in [0.3, 0.4) is 0 Å². The van der Waals surface area contributed by atoms with Crippen LogP contribution in [0.25, 0.3) is 11.1 Å². The van der Waals surface area contributed by atoms with Crippen LogP contribution in [0.2, 0.25) is 0 Å². The largest absolute Gasteiger partial charge is 0.507 e. The van der Waals surface area contributed by atoms with Crippen LogP contribution in [0.15, 0.2) is 42.5 Å². The van der Waals surface area contributed by atoms with Crippen LogP contribution >= 0.6 is 0 Å². The van der Waals surface area contributed by atoms with E-state index in [-0.39, 0.29) is 11.5 Å². The molecule has 0 amide bonds. The summed E-state index contributed by atoms with van der Waals surface area (Å²) in [5.41, 5.74) is 8.01. The predicted molar refractivity (Wildman–Crippen MR) is 87.7 cm³/mol. The number of phenols is 2. The van der Waals surface area contributed by atoms with Crippen molar-refractivity contribution in [3.05, 3.63) is 48.0 Å². The van der Waals surface area contributed by atoms with Gasteiger partial charge in [0, 0.05) is 35.8 Å². The van der Waals surface area contributed by atoms with Gasteiger partial charge in [-0.3, -0.25) is 4.90 Å². The predicted octanol–water partition coefficient (Wildman–Crippen LogP) is 2.69. The fourth-order valence-corrected chi connectivity index (χ4v) is 3.23. The minimum absolute atomic E-state index is 0.177. The average molecular weight is 298 g/mol. The lowest BCUT2D eigenvalue weighted by Gasteiger charge is -2.24. The van der Waals surface area contributed by atoms with Crippen LogP contribution in [-0.4, -0.2) is 34.2 Å². The lowest BCUT2D eigenvalue weighted by atomic mass is 10.00. The van der Waals surface area contributed by atoms with Gasteiger partial charge in [0.2, 0.25) is 0 Å². The average Bonchev–Trinajstić information content (AvgIpc) is 2.97. The number of rotatable bonds is 4. The highest BCUT2D eigenvalue weighted by molar-refractivity contribution is 5.76. The van der Waals surface area contributed by atoms with Gasteiger partial charge in [-0.1, -0.05) is 36.4 Å². The molecule has 116 valence electrons. The van der Waals surface area contributed by atoms with Gasteiger partial charge in [-0.25, -0.2) is 0 Å². The van der Waals surface area contributed by atoms with Gasteiger partial charge in [-0.05, 0) is 25.5 Å². The maximum atomic E-state index is 10.6. The molecular formula is C18H22N2O2. The summed E-state index contributed by atoms with van der Waals surface area (Å²) >= 11 is 0. The molecule has 0 saturated carbocycles. The molecule has 0 aliphatic carbocycles. The maximum absolute atomic E-state index is 10.6. The SMILES string of the molecule is NC[C@@H]1CCCN1Cc1cccc(-c2ccccc2O)c1O. The Morgan fingerprint density at radius 3 is 2.59 bits per heavy atom. The second-order valence-electron chi connectivity index (χ2n) is 5.83. The number of benzene rings is 2. The van der Waals surface area contributed by atoms with E-state index in [1.807, 2.05) is 30.3 Å². The smallest absolute Gasteiger partial charge is 0.128 e. The molecule has 22 heavy (non-hydrogen) atoms. The van der Waals surface area contributed by atoms with Crippen LogP contribution in [0.4, 0.5) is 0 Å². The summed E-state index contributed by atoms with van der Waals surface area (Å²) in [4.78, 5) is 2.32. The standard InChI is InChI=1S/C18H22N2O2/c19-11-14-6-4-10-20(14)12-13-5-3-8-16(18(13)22)15-7-1-2-9-17(15)21/h1-3,5,7-9,14,21-22H,4,6,10-12,19H2/t14-/m0/s1. The second kappa shape index (κ2) is 6.38. The summed E-state index contributed by atoms with van der Waals surface area (Å²) < 4.78 is 0. The zero-order valence-electron chi connectivity index (χ0n) is 12.6. The van der Waals surface area contributed by atoms with E-state index in [1.165, 1.54) is 0 Å². The van der Waals surface area contributed by atoms with E-state index < -0.39 is 0 Å². The molecule has 1 atom stereocenters. The van der Waals surface area contributed by atoms with Crippen LogP contribution in [0.5, 0.6) is 11.5 Å². The highest BCUT2D eigenvalue weighted by atomic mass is 16.3. The Morgan fingerprint density at radius 2 is 1.82 bits per heavy atom. The van der Waals surface area contributed by atoms with Crippen molar-refractivity contribution in [2.45, 2.75) is 25.4 Å². The number of nitrogens with two attached hydrogens (primary N) is 1. The summed E-state index contributed by atoms with van der Waals surface area (Å²) in [7, 11) is 0. The lowest BCUT2D eigenvalue weighted by Crippen LogP contribution is -2.34. The summed E-state index contributed by atoms with van der Waals surface area (Å²) in [6.07, 6.45) is 2.28. The van der Waals surface area contributed by atoms with Crippen molar-refractivity contribution in [1.82, 2.24) is 4.90 Å². The van der Waals surface area contributed by atoms with Crippen molar-refractivity contribution in [2.24, 2.45) is 5.73 Å². The number of hydrogen-bond acceptors (Lipinski definition) is 4. The first-order chi connectivity index (χ1) is 10.7. The molecule has 4 N–H and O–H groups in total. The number of hydrogen-bond donors (Lipinski definition) is 3. The third-order valence-electron chi connectivity index (χ3n) is 4.46. The number of aromatic hydroxyl groups is 2. The number of nitrogens with zero attached hydrogens (tertiary/aromatic N) is 1. The molecule has 0 radical (unpaired) electrons. The minimum Gasteiger partial charge on any atom is -0.507 e. The fourth-order valence-electron chi connectivity index (χ4n) is 3.23. The Kier molecular flexibility index (Phi) is 4.32. The van der Waals surface area contributed by atoms with E-state index in [9.17, 15) is 10.2 Å². The summed E-state index contributed by atoms with van der Waals surface area (Å²) in [6.45, 7) is 2.36. The van der Waals surface area contributed by atoms with Gasteiger partial charge in [0.05, 0.1) is 0 Å². The first kappa shape index (κ1) is 14.9. The van der Waals surface area contributed by atoms with Gasteiger partial charge < -0.3 is 15.9 Å². The summed E-state index contributed by atoms with van der Waals surface area (Å²) in [5.74, 6) is 0.419. The lowest BCUT2D eigenvalue weighted by molar-refractivity contribution is 0.247. The highest BCUT2D eigenvalue weighted by Crippen LogP contribution is 2.37. The molecule has 1 fully saturated rings. The Morgan fingerprint density at radius 1 is 1.05 bits per heavy atom. The third-order valence-corrected chi connectivity index (χ3v) is 4.46. The first-order valence-corrected chi connectivity index (χ1v) is 7.74. The molecule has 1 aliphatic heterocycles. The van der Waals surface area contributed by atoms with E-state index >= 15 is 0 Å². The summed E-state index contributed by atoms with van der Waals surface area (Å²) in [5, 5.41) is 20.6. The molecule has 1 saturated heterocycles. The van der Waals surface area contributed by atoms with Crippen LogP contribution in [-0.2, 0) is 6.54 Å². The van der Waals surface area contributed by atoms with Gasteiger partial charge in [-0.15, -0.1) is 0 Å². The third kappa shape index (κ3) is 2.80. The van der Waals surface area contributed by atoms with E-state index in [0.29, 0.717) is 30.3 Å². The van der Waals surface area contributed by atoms with E-state index in [4.69, 9.17) is 5.73 Å². The van der Waals surface area contributed by atoms with Gasteiger partial charge in [0.25, 0.3) is 0 Å². The van der Waals surface area contributed by atoms with Crippen molar-refractivity contribution < 1.29 is 10.2 Å². The van der Waals surface area contributed by atoms with Crippen molar-refractivity contribution in [1.29, 1.82) is 0 Å². The second-order valence-corrected chi connectivity index (χ2v) is 5.83. The van der Waals surface area contributed by atoms with Gasteiger partial charge in [-0.2, -0.15) is 0 Å². The summed E-state index contributed by atoms with van der Waals surface area (Å²) in [6, 6.07) is 13.2. The van der Waals surface area contributed by atoms with E-state index in [2.05, 4.69) is 4.90 Å².